The molecule has 0 spiro atoms. The molecule has 9 heteroatoms. The van der Waals surface area contributed by atoms with Gasteiger partial charge in [-0.15, -0.1) is 0 Å². The van der Waals surface area contributed by atoms with Gasteiger partial charge in [-0.25, -0.2) is 0 Å². The van der Waals surface area contributed by atoms with Gasteiger partial charge in [0.15, 0.2) is 5.25 Å². The van der Waals surface area contributed by atoms with Crippen molar-refractivity contribution in [3.63, 3.8) is 0 Å². The molecule has 0 aromatic heterocycles. The molecule has 0 aliphatic heterocycles. The number of carbonyl (C=O) groups is 2. The second kappa shape index (κ2) is 8.87. The Hall–Kier alpha value is -0.150. The molecular weight excluding hydrogens is 263 g/mol. The van der Waals surface area contributed by atoms with Gasteiger partial charge in [-0.05, 0) is 6.42 Å². The van der Waals surface area contributed by atoms with Crippen molar-refractivity contribution < 1.29 is 32.4 Å². The first-order valence-electron chi connectivity index (χ1n) is 4.63. The summed E-state index contributed by atoms with van der Waals surface area (Å²) in [6.45, 7) is 1.84. The Morgan fingerprint density at radius 1 is 1.35 bits per heavy atom. The molecule has 0 aromatic carbocycles. The van der Waals surface area contributed by atoms with Crippen molar-refractivity contribution in [3.05, 3.63) is 0 Å². The number of unbranched alkanes of at least 4 members (excludes halogenated alkanes) is 1. The first kappa shape index (κ1) is 19.2. The summed E-state index contributed by atoms with van der Waals surface area (Å²) in [5, 5.41) is 6.33. The second-order valence-electron chi connectivity index (χ2n) is 3.12. The number of hydrogen-bond donors (Lipinski definition) is 2. The Kier molecular flexibility index (Phi) is 10.0. The quantitative estimate of drug-likeness (QED) is 0.276. The average molecular weight is 278 g/mol. The predicted molar refractivity (Wildman–Crippen MR) is 60.6 cm³/mol. The van der Waals surface area contributed by atoms with E-state index in [1.165, 1.54) is 0 Å². The van der Waals surface area contributed by atoms with Crippen molar-refractivity contribution in [1.29, 1.82) is 0 Å². The predicted octanol–water partition coefficient (Wildman–Crippen LogP) is -0.588. The third kappa shape index (κ3) is 8.56. The molecule has 0 bridgehead atoms. The van der Waals surface area contributed by atoms with Gasteiger partial charge in [0.05, 0.1) is 13.0 Å². The molecule has 0 fully saturated rings. The summed E-state index contributed by atoms with van der Waals surface area (Å²) in [6, 6.07) is 0. The summed E-state index contributed by atoms with van der Waals surface area (Å²) >= 11 is 0. The summed E-state index contributed by atoms with van der Waals surface area (Å²) in [4.78, 5) is 21.5. The van der Waals surface area contributed by atoms with Gasteiger partial charge in [0.1, 0.15) is 0 Å². The zero-order valence-corrected chi connectivity index (χ0v) is 9.57. The summed E-state index contributed by atoms with van der Waals surface area (Å²) < 4.78 is 34.7. The molecule has 0 aliphatic carbocycles. The molecule has 96 valence electrons. The van der Waals surface area contributed by atoms with E-state index in [0.29, 0.717) is 6.42 Å². The monoisotopic (exact) mass is 278 g/mol. The SMILES string of the molecule is CCCCOC(=O)C(CC(=O)O)S(=O)(=O)O.[NaH]. The Labute approximate surface area is 122 Å². The summed E-state index contributed by atoms with van der Waals surface area (Å²) in [6.07, 6.45) is 0.267. The van der Waals surface area contributed by atoms with Crippen molar-refractivity contribution in [1.82, 2.24) is 0 Å². The van der Waals surface area contributed by atoms with Crippen molar-refractivity contribution in [2.45, 2.75) is 31.4 Å². The third-order valence-corrected chi connectivity index (χ3v) is 2.80. The van der Waals surface area contributed by atoms with E-state index in [9.17, 15) is 18.0 Å². The number of aliphatic carboxylic acids is 1. The fourth-order valence-electron chi connectivity index (χ4n) is 0.879. The van der Waals surface area contributed by atoms with E-state index in [2.05, 4.69) is 4.74 Å². The fourth-order valence-corrected chi connectivity index (χ4v) is 1.54. The van der Waals surface area contributed by atoms with Crippen LogP contribution in [0, 0.1) is 0 Å². The van der Waals surface area contributed by atoms with Crippen LogP contribution in [0.4, 0.5) is 0 Å². The van der Waals surface area contributed by atoms with Gasteiger partial charge in [-0.2, -0.15) is 8.42 Å². The number of carbonyl (C=O) groups excluding carboxylic acids is 1. The Bertz CT molecular complexity index is 351. The van der Waals surface area contributed by atoms with Gasteiger partial charge in [0.25, 0.3) is 10.1 Å². The van der Waals surface area contributed by atoms with Gasteiger partial charge >= 0.3 is 41.5 Å². The molecule has 0 heterocycles. The van der Waals surface area contributed by atoms with Crippen LogP contribution in [-0.2, 0) is 24.4 Å². The van der Waals surface area contributed by atoms with E-state index < -0.39 is 33.7 Å². The first-order valence-corrected chi connectivity index (χ1v) is 6.14. The molecule has 0 aliphatic rings. The fraction of sp³-hybridized carbons (Fsp3) is 0.750. The van der Waals surface area contributed by atoms with Crippen LogP contribution < -0.4 is 0 Å². The van der Waals surface area contributed by atoms with Crippen LogP contribution in [0.25, 0.3) is 0 Å². The van der Waals surface area contributed by atoms with Crippen LogP contribution >= 0.6 is 0 Å². The van der Waals surface area contributed by atoms with E-state index >= 15 is 0 Å². The van der Waals surface area contributed by atoms with Crippen molar-refractivity contribution >= 4 is 51.6 Å². The molecule has 7 nitrogen and oxygen atoms in total. The topological polar surface area (TPSA) is 118 Å². The van der Waals surface area contributed by atoms with Crippen molar-refractivity contribution in [2.24, 2.45) is 0 Å². The van der Waals surface area contributed by atoms with Gasteiger partial charge in [0.2, 0.25) is 0 Å². The van der Waals surface area contributed by atoms with Crippen molar-refractivity contribution in [2.75, 3.05) is 6.61 Å². The normalized spacial score (nSPS) is 12.4. The maximum absolute atomic E-state index is 11.2. The van der Waals surface area contributed by atoms with E-state index in [0.717, 1.165) is 6.42 Å². The van der Waals surface area contributed by atoms with Crippen LogP contribution in [0.1, 0.15) is 26.2 Å². The summed E-state index contributed by atoms with van der Waals surface area (Å²) in [5.74, 6) is -2.74. The first-order chi connectivity index (χ1) is 7.29. The van der Waals surface area contributed by atoms with Gasteiger partial charge in [0, 0.05) is 0 Å². The number of hydrogen-bond acceptors (Lipinski definition) is 5. The second-order valence-corrected chi connectivity index (χ2v) is 4.72. The molecule has 0 rings (SSSR count). The van der Waals surface area contributed by atoms with E-state index in [1.54, 1.807) is 0 Å². The molecule has 0 amide bonds. The zero-order chi connectivity index (χ0) is 12.8. The van der Waals surface area contributed by atoms with Crippen LogP contribution in [0.2, 0.25) is 0 Å². The van der Waals surface area contributed by atoms with Crippen LogP contribution in [0.3, 0.4) is 0 Å². The maximum atomic E-state index is 11.2. The van der Waals surface area contributed by atoms with Crippen molar-refractivity contribution in [3.8, 4) is 0 Å². The van der Waals surface area contributed by atoms with E-state index in [1.807, 2.05) is 6.92 Å². The standard InChI is InChI=1S/C8H14O7S.Na.H/c1-2-3-4-15-8(11)6(5-7(9)10)16(12,13)14;;/h6H,2-5H2,1H3,(H,9,10)(H,12,13,14);;. The number of rotatable bonds is 7. The van der Waals surface area contributed by atoms with Crippen LogP contribution in [-0.4, -0.2) is 71.4 Å². The Morgan fingerprint density at radius 2 is 1.88 bits per heavy atom. The van der Waals surface area contributed by atoms with Gasteiger partial charge in [-0.1, -0.05) is 13.3 Å². The molecule has 0 radical (unpaired) electrons. The zero-order valence-electron chi connectivity index (χ0n) is 8.75. The number of esters is 1. The van der Waals surface area contributed by atoms with Crippen LogP contribution in [0.5, 0.6) is 0 Å². The number of carboxylic acid groups (broad SMARTS) is 1. The Balaban J connectivity index is 0. The molecule has 17 heavy (non-hydrogen) atoms. The summed E-state index contributed by atoms with van der Waals surface area (Å²) in [5.41, 5.74) is 0. The Morgan fingerprint density at radius 3 is 2.24 bits per heavy atom. The number of ether oxygens (including phenoxy) is 1. The van der Waals surface area contributed by atoms with Crippen LogP contribution in [0.15, 0.2) is 0 Å². The minimum absolute atomic E-state index is 0. The summed E-state index contributed by atoms with van der Waals surface area (Å²) in [7, 11) is -4.75. The average Bonchev–Trinajstić information content (AvgIpc) is 2.12. The minimum atomic E-state index is -4.75. The van der Waals surface area contributed by atoms with Gasteiger partial charge in [-0.3, -0.25) is 14.1 Å². The molecule has 1 atom stereocenters. The molecule has 0 saturated heterocycles. The molecule has 0 saturated carbocycles. The molecule has 0 aromatic rings. The molecule has 1 unspecified atom stereocenters. The van der Waals surface area contributed by atoms with E-state index in [-0.39, 0.29) is 36.2 Å². The number of carboxylic acids is 1. The van der Waals surface area contributed by atoms with E-state index in [4.69, 9.17) is 9.66 Å². The molecule has 2 N–H and O–H groups in total. The third-order valence-electron chi connectivity index (χ3n) is 1.72. The van der Waals surface area contributed by atoms with Gasteiger partial charge < -0.3 is 9.84 Å². The molecular formula is C8H15NaO7S.